The Balaban J connectivity index is 1.29. The smallest absolute Gasteiger partial charge is 0.323 e. The van der Waals surface area contributed by atoms with Crippen molar-refractivity contribution in [1.82, 2.24) is 4.90 Å². The van der Waals surface area contributed by atoms with Crippen LogP contribution in [-0.2, 0) is 5.41 Å². The normalized spacial score (nSPS) is 16.9. The molecule has 7 heteroatoms. The first kappa shape index (κ1) is 30.4. The number of phenolic OH excluding ortho intramolecular Hbond substituents is 1. The number of anilines is 4. The summed E-state index contributed by atoms with van der Waals surface area (Å²) < 4.78 is 0. The highest BCUT2D eigenvalue weighted by molar-refractivity contribution is 6.02. The molecule has 2 heterocycles. The number of carbonyl (C=O) groups is 1. The number of phenols is 1. The lowest BCUT2D eigenvalue weighted by Gasteiger charge is -2.36. The van der Waals surface area contributed by atoms with Crippen LogP contribution in [0, 0.1) is 16.7 Å². The van der Waals surface area contributed by atoms with Crippen LogP contribution in [0.4, 0.5) is 27.5 Å². The Bertz CT molecular complexity index is 1490. The van der Waals surface area contributed by atoms with Gasteiger partial charge < -0.3 is 25.5 Å². The first-order chi connectivity index (χ1) is 20.6. The lowest BCUT2D eigenvalue weighted by molar-refractivity contribution is 0.154. The molecule has 0 bridgehead atoms. The van der Waals surface area contributed by atoms with Gasteiger partial charge in [-0.3, -0.25) is 0 Å². The quantitative estimate of drug-likeness (QED) is 0.262. The summed E-state index contributed by atoms with van der Waals surface area (Å²) in [5.41, 5.74) is 5.64. The van der Waals surface area contributed by atoms with Gasteiger partial charge >= 0.3 is 6.03 Å². The highest BCUT2D eigenvalue weighted by atomic mass is 16.3. The predicted octanol–water partition coefficient (Wildman–Crippen LogP) is 8.34. The predicted molar refractivity (Wildman–Crippen MR) is 175 cm³/mol. The number of hydrogen-bond acceptors (Lipinski definition) is 5. The van der Waals surface area contributed by atoms with Gasteiger partial charge in [-0.05, 0) is 92.1 Å². The molecule has 0 aromatic heterocycles. The van der Waals surface area contributed by atoms with Gasteiger partial charge in [-0.2, -0.15) is 5.26 Å². The molecular weight excluding hydrogens is 534 g/mol. The van der Waals surface area contributed by atoms with Crippen molar-refractivity contribution in [1.29, 1.82) is 5.26 Å². The molecule has 7 nitrogen and oxygen atoms in total. The van der Waals surface area contributed by atoms with E-state index in [4.69, 9.17) is 0 Å². The number of rotatable bonds is 7. The number of hydrogen-bond donors (Lipinski definition) is 3. The highest BCUT2D eigenvalue weighted by Crippen LogP contribution is 2.54. The van der Waals surface area contributed by atoms with Gasteiger partial charge in [0, 0.05) is 29.8 Å². The van der Waals surface area contributed by atoms with Gasteiger partial charge in [0.25, 0.3) is 0 Å². The van der Waals surface area contributed by atoms with Gasteiger partial charge in [0.1, 0.15) is 5.75 Å². The van der Waals surface area contributed by atoms with Gasteiger partial charge in [-0.15, -0.1) is 0 Å². The Labute approximate surface area is 256 Å². The van der Waals surface area contributed by atoms with Crippen LogP contribution in [0.3, 0.4) is 0 Å². The molecule has 43 heavy (non-hydrogen) atoms. The van der Waals surface area contributed by atoms with Crippen molar-refractivity contribution >= 4 is 28.8 Å². The van der Waals surface area contributed by atoms with Crippen LogP contribution < -0.4 is 15.5 Å². The summed E-state index contributed by atoms with van der Waals surface area (Å²) in [6, 6.07) is 21.2. The average molecular weight is 580 g/mol. The summed E-state index contributed by atoms with van der Waals surface area (Å²) in [5, 5.41) is 26.9. The fraction of sp³-hybridized carbons (Fsp3) is 0.444. The van der Waals surface area contributed by atoms with E-state index in [1.807, 2.05) is 36.4 Å². The second-order valence-corrected chi connectivity index (χ2v) is 13.4. The van der Waals surface area contributed by atoms with E-state index < -0.39 is 0 Å². The maximum Gasteiger partial charge on any atom is 0.323 e. The molecule has 0 unspecified atom stereocenters. The molecule has 3 aromatic rings. The first-order valence-electron chi connectivity index (χ1n) is 15.6. The third kappa shape index (κ3) is 6.35. The summed E-state index contributed by atoms with van der Waals surface area (Å²) in [4.78, 5) is 17.8. The van der Waals surface area contributed by atoms with Crippen LogP contribution in [0.2, 0.25) is 0 Å². The van der Waals surface area contributed by atoms with Crippen LogP contribution in [-0.4, -0.2) is 42.2 Å². The molecule has 3 aromatic carbocycles. The van der Waals surface area contributed by atoms with E-state index in [1.54, 1.807) is 12.1 Å². The van der Waals surface area contributed by atoms with E-state index in [1.165, 1.54) is 5.56 Å². The van der Waals surface area contributed by atoms with Crippen LogP contribution in [0.25, 0.3) is 0 Å². The van der Waals surface area contributed by atoms with Crippen molar-refractivity contribution in [3.8, 4) is 11.8 Å². The van der Waals surface area contributed by atoms with Crippen LogP contribution in [0.15, 0.2) is 60.7 Å². The third-order valence-corrected chi connectivity index (χ3v) is 9.26. The Kier molecular flexibility index (Phi) is 8.71. The van der Waals surface area contributed by atoms with E-state index in [9.17, 15) is 15.2 Å². The van der Waals surface area contributed by atoms with Crippen molar-refractivity contribution in [2.75, 3.05) is 41.7 Å². The van der Waals surface area contributed by atoms with E-state index in [2.05, 4.69) is 73.3 Å². The maximum atomic E-state index is 13.2. The topological polar surface area (TPSA) is 91.6 Å². The zero-order chi connectivity index (χ0) is 30.8. The Morgan fingerprint density at radius 1 is 1.00 bits per heavy atom. The van der Waals surface area contributed by atoms with Gasteiger partial charge in [-0.1, -0.05) is 58.9 Å². The SMILES string of the molecule is CCC1(CC)CN(c2ccccc2NC(=O)Nc2ccc(C3CCN(CC(C)(C)C)CC3)cc2)c2c(O)ccc(C#N)c21. The number of benzene rings is 3. The number of nitrogens with one attached hydrogen (secondary N) is 2. The van der Waals surface area contributed by atoms with Crippen molar-refractivity contribution in [2.24, 2.45) is 5.41 Å². The number of urea groups is 1. The number of amides is 2. The molecule has 1 fully saturated rings. The largest absolute Gasteiger partial charge is 0.506 e. The summed E-state index contributed by atoms with van der Waals surface area (Å²) in [5.74, 6) is 0.683. The summed E-state index contributed by atoms with van der Waals surface area (Å²) in [6.45, 7) is 15.1. The molecule has 2 amide bonds. The minimum absolute atomic E-state index is 0.136. The number of nitrogens with zero attached hydrogens (tertiary/aromatic N) is 3. The molecule has 3 N–H and O–H groups in total. The minimum Gasteiger partial charge on any atom is -0.506 e. The number of fused-ring (bicyclic) bond motifs is 1. The average Bonchev–Trinajstić information content (AvgIpc) is 3.34. The Morgan fingerprint density at radius 3 is 2.30 bits per heavy atom. The summed E-state index contributed by atoms with van der Waals surface area (Å²) >= 11 is 0. The first-order valence-corrected chi connectivity index (χ1v) is 15.6. The van der Waals surface area contributed by atoms with Gasteiger partial charge in [0.2, 0.25) is 0 Å². The molecule has 0 radical (unpaired) electrons. The van der Waals surface area contributed by atoms with E-state index in [-0.39, 0.29) is 17.2 Å². The monoisotopic (exact) mass is 579 g/mol. The third-order valence-electron chi connectivity index (χ3n) is 9.26. The number of nitriles is 1. The van der Waals surface area contributed by atoms with E-state index >= 15 is 0 Å². The van der Waals surface area contributed by atoms with Crippen molar-refractivity contribution in [3.63, 3.8) is 0 Å². The maximum absolute atomic E-state index is 13.2. The Morgan fingerprint density at radius 2 is 1.67 bits per heavy atom. The van der Waals surface area contributed by atoms with Crippen molar-refractivity contribution < 1.29 is 9.90 Å². The zero-order valence-electron chi connectivity index (χ0n) is 26.2. The molecule has 0 spiro atoms. The lowest BCUT2D eigenvalue weighted by atomic mass is 9.75. The lowest BCUT2D eigenvalue weighted by Crippen LogP contribution is -2.38. The fourth-order valence-electron chi connectivity index (χ4n) is 7.01. The molecule has 1 saturated heterocycles. The molecule has 226 valence electrons. The van der Waals surface area contributed by atoms with Crippen molar-refractivity contribution in [3.05, 3.63) is 77.4 Å². The number of carbonyl (C=O) groups excluding carboxylic acids is 1. The number of piperidine rings is 1. The van der Waals surface area contributed by atoms with Gasteiger partial charge in [0.15, 0.2) is 0 Å². The molecule has 2 aliphatic rings. The molecule has 0 saturated carbocycles. The molecule has 0 atom stereocenters. The van der Waals surface area contributed by atoms with Crippen LogP contribution >= 0.6 is 0 Å². The van der Waals surface area contributed by atoms with Crippen molar-refractivity contribution in [2.45, 2.75) is 71.6 Å². The molecular formula is C36H45N5O2. The zero-order valence-corrected chi connectivity index (χ0v) is 26.2. The number of aromatic hydroxyl groups is 1. The Hall–Kier alpha value is -4.02. The minimum atomic E-state index is -0.331. The van der Waals surface area contributed by atoms with E-state index in [0.717, 1.165) is 62.3 Å². The second-order valence-electron chi connectivity index (χ2n) is 13.4. The van der Waals surface area contributed by atoms with Gasteiger partial charge in [0.05, 0.1) is 28.7 Å². The summed E-state index contributed by atoms with van der Waals surface area (Å²) in [7, 11) is 0. The number of likely N-dealkylation sites (tertiary alicyclic amines) is 1. The van der Waals surface area contributed by atoms with E-state index in [0.29, 0.717) is 34.8 Å². The highest BCUT2D eigenvalue weighted by Gasteiger charge is 2.44. The summed E-state index contributed by atoms with van der Waals surface area (Å²) in [6.07, 6.45) is 3.96. The molecule has 5 rings (SSSR count). The van der Waals surface area contributed by atoms with Gasteiger partial charge in [-0.25, -0.2) is 4.79 Å². The molecule has 2 aliphatic heterocycles. The second kappa shape index (κ2) is 12.3. The molecule has 0 aliphatic carbocycles. The van der Waals surface area contributed by atoms with Crippen LogP contribution in [0.1, 0.15) is 82.9 Å². The standard InChI is InChI=1S/C36H45N5O2/c1-6-36(7-2)24-41(33-31(42)17-14-27(22-37)32(33)36)30-11-9-8-10-29(30)39-34(43)38-28-15-12-25(13-16-28)26-18-20-40(21-19-26)23-35(3,4)5/h8-17,26,42H,6-7,18-21,23-24H2,1-5H3,(H2,38,39,43). The number of para-hydroxylation sites is 2. The van der Waals surface area contributed by atoms with Crippen LogP contribution in [0.5, 0.6) is 5.75 Å². The fourth-order valence-corrected chi connectivity index (χ4v) is 7.01.